The van der Waals surface area contributed by atoms with Crippen LogP contribution in [0.2, 0.25) is 0 Å². The van der Waals surface area contributed by atoms with Crippen molar-refractivity contribution in [2.24, 2.45) is 7.05 Å². The Balaban J connectivity index is 1.99. The Kier molecular flexibility index (Phi) is 6.66. The predicted molar refractivity (Wildman–Crippen MR) is 92.3 cm³/mol. The van der Waals surface area contributed by atoms with E-state index in [0.29, 0.717) is 22.6 Å². The molecule has 0 fully saturated rings. The van der Waals surface area contributed by atoms with Crippen LogP contribution in [0.4, 0.5) is 0 Å². The fourth-order valence-electron chi connectivity index (χ4n) is 1.95. The summed E-state index contributed by atoms with van der Waals surface area (Å²) < 4.78 is 6.53. The molecule has 0 unspecified atom stereocenters. The first kappa shape index (κ1) is 19.1. The summed E-state index contributed by atoms with van der Waals surface area (Å²) >= 11 is 2.48. The molecule has 132 valence electrons. The van der Waals surface area contributed by atoms with Gasteiger partial charge in [-0.1, -0.05) is 11.8 Å². The number of thiazole rings is 1. The minimum atomic E-state index is -0.876. The number of hydrogen-bond acceptors (Lipinski definition) is 9. The van der Waals surface area contributed by atoms with Crippen LogP contribution in [-0.2, 0) is 27.8 Å². The van der Waals surface area contributed by atoms with Gasteiger partial charge in [0.15, 0.2) is 16.9 Å². The summed E-state index contributed by atoms with van der Waals surface area (Å²) in [6, 6.07) is 2.01. The molecule has 25 heavy (non-hydrogen) atoms. The fraction of sp³-hybridized carbons (Fsp3) is 0.467. The average Bonchev–Trinajstić information content (AvgIpc) is 3.14. The third kappa shape index (κ3) is 4.87. The number of aryl methyl sites for hydroxylation is 1. The van der Waals surface area contributed by atoms with Crippen LogP contribution < -0.4 is 0 Å². The first-order chi connectivity index (χ1) is 12.0. The number of thioether (sulfide) groups is 1. The summed E-state index contributed by atoms with van der Waals surface area (Å²) in [4.78, 5) is 28.1. The molecule has 2 heterocycles. The number of carbonyl (C=O) groups is 2. The second kappa shape index (κ2) is 8.73. The molecule has 1 atom stereocenters. The highest BCUT2D eigenvalue weighted by molar-refractivity contribution is 7.99. The smallest absolute Gasteiger partial charge is 0.313 e. The van der Waals surface area contributed by atoms with Crippen molar-refractivity contribution in [3.8, 4) is 6.07 Å². The highest BCUT2D eigenvalue weighted by Crippen LogP contribution is 2.24. The molecule has 0 aliphatic carbocycles. The molecule has 10 heteroatoms. The zero-order chi connectivity index (χ0) is 18.4. The lowest BCUT2D eigenvalue weighted by atomic mass is 10.1. The molecular formula is C15H17N5O3S2. The Labute approximate surface area is 153 Å². The fourth-order valence-corrected chi connectivity index (χ4v) is 3.65. The molecule has 0 saturated heterocycles. The maximum atomic E-state index is 12.3. The van der Waals surface area contributed by atoms with Crippen LogP contribution >= 0.6 is 23.1 Å². The highest BCUT2D eigenvalue weighted by Gasteiger charge is 2.24. The van der Waals surface area contributed by atoms with E-state index in [-0.39, 0.29) is 23.9 Å². The van der Waals surface area contributed by atoms with Gasteiger partial charge in [0.2, 0.25) is 0 Å². The molecule has 2 aromatic heterocycles. The van der Waals surface area contributed by atoms with Gasteiger partial charge in [0.05, 0.1) is 18.4 Å². The van der Waals surface area contributed by atoms with Crippen molar-refractivity contribution >= 4 is 34.9 Å². The van der Waals surface area contributed by atoms with Crippen LogP contribution in [0, 0.1) is 18.3 Å². The second-order valence-corrected chi connectivity index (χ2v) is 6.92. The minimum absolute atomic E-state index is 0.0189. The van der Waals surface area contributed by atoms with E-state index in [9.17, 15) is 14.9 Å². The van der Waals surface area contributed by atoms with E-state index in [1.165, 1.54) is 23.1 Å². The maximum absolute atomic E-state index is 12.3. The Morgan fingerprint density at radius 2 is 2.24 bits per heavy atom. The first-order valence-electron chi connectivity index (χ1n) is 7.47. The first-order valence-corrected chi connectivity index (χ1v) is 9.33. The average molecular weight is 379 g/mol. The van der Waals surface area contributed by atoms with Crippen LogP contribution in [0.3, 0.4) is 0 Å². The molecule has 0 bridgehead atoms. The van der Waals surface area contributed by atoms with Crippen molar-refractivity contribution in [3.05, 3.63) is 21.9 Å². The Hall–Kier alpha value is -2.25. The SMILES string of the molecule is CCOC(=O)Cc1nnc(SCC(=O)[C@@H](C#N)c2nc(C)cs2)n1C. The van der Waals surface area contributed by atoms with Gasteiger partial charge in [0, 0.05) is 18.1 Å². The summed E-state index contributed by atoms with van der Waals surface area (Å²) in [7, 11) is 1.72. The van der Waals surface area contributed by atoms with Gasteiger partial charge in [0.25, 0.3) is 0 Å². The summed E-state index contributed by atoms with van der Waals surface area (Å²) in [5.74, 6) is -0.965. The largest absolute Gasteiger partial charge is 0.466 e. The van der Waals surface area contributed by atoms with Crippen molar-refractivity contribution in [2.45, 2.75) is 31.3 Å². The monoisotopic (exact) mass is 379 g/mol. The van der Waals surface area contributed by atoms with Crippen LogP contribution in [0.25, 0.3) is 0 Å². The van der Waals surface area contributed by atoms with Gasteiger partial charge in [-0.3, -0.25) is 9.59 Å². The van der Waals surface area contributed by atoms with Crippen LogP contribution in [-0.4, -0.2) is 43.9 Å². The predicted octanol–water partition coefficient (Wildman–Crippen LogP) is 1.65. The number of Topliss-reactive ketones (excluding diaryl/α,β-unsaturated/α-hetero) is 1. The van der Waals surface area contributed by atoms with Crippen LogP contribution in [0.15, 0.2) is 10.5 Å². The van der Waals surface area contributed by atoms with Gasteiger partial charge in [-0.15, -0.1) is 21.5 Å². The Morgan fingerprint density at radius 3 is 2.84 bits per heavy atom. The zero-order valence-corrected chi connectivity index (χ0v) is 15.7. The number of ether oxygens (including phenoxy) is 1. The normalized spacial score (nSPS) is 11.8. The number of esters is 1. The Morgan fingerprint density at radius 1 is 1.48 bits per heavy atom. The van der Waals surface area contributed by atoms with Gasteiger partial charge >= 0.3 is 5.97 Å². The van der Waals surface area contributed by atoms with Crippen molar-refractivity contribution < 1.29 is 14.3 Å². The molecule has 0 spiro atoms. The maximum Gasteiger partial charge on any atom is 0.313 e. The lowest BCUT2D eigenvalue weighted by molar-refractivity contribution is -0.142. The summed E-state index contributed by atoms with van der Waals surface area (Å²) in [5, 5.41) is 20.0. The third-order valence-electron chi connectivity index (χ3n) is 3.21. The van der Waals surface area contributed by atoms with Gasteiger partial charge in [0.1, 0.15) is 17.3 Å². The van der Waals surface area contributed by atoms with E-state index in [1.54, 1.807) is 18.5 Å². The van der Waals surface area contributed by atoms with E-state index in [4.69, 9.17) is 4.74 Å². The molecule has 0 saturated carbocycles. The van der Waals surface area contributed by atoms with Gasteiger partial charge < -0.3 is 9.30 Å². The van der Waals surface area contributed by atoms with Crippen molar-refractivity contribution in [3.63, 3.8) is 0 Å². The number of ketones is 1. The van der Waals surface area contributed by atoms with Crippen molar-refractivity contribution in [2.75, 3.05) is 12.4 Å². The van der Waals surface area contributed by atoms with Gasteiger partial charge in [-0.25, -0.2) is 4.98 Å². The zero-order valence-electron chi connectivity index (χ0n) is 14.1. The number of nitriles is 1. The lowest BCUT2D eigenvalue weighted by Gasteiger charge is -2.05. The highest BCUT2D eigenvalue weighted by atomic mass is 32.2. The molecule has 2 rings (SSSR count). The molecule has 0 aliphatic rings. The molecule has 0 aromatic carbocycles. The van der Waals surface area contributed by atoms with E-state index in [0.717, 1.165) is 5.69 Å². The number of rotatable bonds is 8. The standard InChI is InChI=1S/C15H17N5O3S2/c1-4-23-13(22)5-12-18-19-15(20(12)3)25-8-11(21)10(6-16)14-17-9(2)7-24-14/h7,10H,4-5,8H2,1-3H3/t10-/m1/s1. The Bertz CT molecular complexity index is 808. The van der Waals surface area contributed by atoms with Crippen molar-refractivity contribution in [1.82, 2.24) is 19.7 Å². The number of aromatic nitrogens is 4. The quantitative estimate of drug-likeness (QED) is 0.503. The van der Waals surface area contributed by atoms with Gasteiger partial charge in [-0.2, -0.15) is 5.26 Å². The summed E-state index contributed by atoms with van der Waals surface area (Å²) in [6.07, 6.45) is 0.0189. The topological polar surface area (TPSA) is 111 Å². The molecule has 2 aromatic rings. The molecule has 8 nitrogen and oxygen atoms in total. The number of carbonyl (C=O) groups excluding carboxylic acids is 2. The molecule has 0 amide bonds. The van der Waals surface area contributed by atoms with E-state index in [2.05, 4.69) is 15.2 Å². The summed E-state index contributed by atoms with van der Waals surface area (Å²) in [6.45, 7) is 3.86. The lowest BCUT2D eigenvalue weighted by Crippen LogP contribution is -2.14. The van der Waals surface area contributed by atoms with Crippen LogP contribution in [0.1, 0.15) is 29.4 Å². The molecule has 0 aliphatic heterocycles. The second-order valence-electron chi connectivity index (χ2n) is 5.08. The van der Waals surface area contributed by atoms with Crippen molar-refractivity contribution in [1.29, 1.82) is 5.26 Å². The van der Waals surface area contributed by atoms with Crippen LogP contribution in [0.5, 0.6) is 0 Å². The van der Waals surface area contributed by atoms with Gasteiger partial charge in [-0.05, 0) is 13.8 Å². The molecular weight excluding hydrogens is 362 g/mol. The summed E-state index contributed by atoms with van der Waals surface area (Å²) in [5.41, 5.74) is 0.789. The molecule has 0 radical (unpaired) electrons. The van der Waals surface area contributed by atoms with E-state index in [1.807, 2.05) is 18.4 Å². The van der Waals surface area contributed by atoms with E-state index >= 15 is 0 Å². The minimum Gasteiger partial charge on any atom is -0.466 e. The van der Waals surface area contributed by atoms with E-state index < -0.39 is 5.92 Å². The third-order valence-corrected chi connectivity index (χ3v) is 5.28. The number of nitrogens with zero attached hydrogens (tertiary/aromatic N) is 5. The molecule has 0 N–H and O–H groups in total. The number of hydrogen-bond donors (Lipinski definition) is 0.